The largest absolute Gasteiger partial charge is 1.04 e. The quantitative estimate of drug-likeness (QED) is 0.308. The minimum absolute atomic E-state index is 1.50. The molecule has 0 amide bonds. The van der Waals surface area contributed by atoms with Crippen LogP contribution in [0.3, 0.4) is 0 Å². The van der Waals surface area contributed by atoms with Crippen molar-refractivity contribution in [3.8, 4) is 0 Å². The highest BCUT2D eigenvalue weighted by Gasteiger charge is 2.21. The van der Waals surface area contributed by atoms with Gasteiger partial charge in [0.2, 0.25) is 0 Å². The zero-order valence-corrected chi connectivity index (χ0v) is 4.58. The lowest BCUT2D eigenvalue weighted by Crippen LogP contribution is -1.81. The van der Waals surface area contributed by atoms with Crippen LogP contribution in [0.2, 0.25) is 0 Å². The molecule has 0 aliphatic heterocycles. The van der Waals surface area contributed by atoms with Crippen molar-refractivity contribution in [1.82, 2.24) is 0 Å². The van der Waals surface area contributed by atoms with Crippen molar-refractivity contribution < 1.29 is 20.9 Å². The Labute approximate surface area is 47.5 Å². The van der Waals surface area contributed by atoms with Gasteiger partial charge < -0.3 is 15.8 Å². The third-order valence-corrected chi connectivity index (χ3v) is 0. The Kier molecular flexibility index (Phi) is 8.56. The summed E-state index contributed by atoms with van der Waals surface area (Å²) in [5.41, 5.74) is 0. The van der Waals surface area contributed by atoms with Crippen molar-refractivity contribution >= 4 is 15.5 Å². The number of halogens is 3. The van der Waals surface area contributed by atoms with Gasteiger partial charge in [-0.1, -0.05) is 0 Å². The predicted molar refractivity (Wildman–Crippen MR) is 17.9 cm³/mol. The van der Waals surface area contributed by atoms with Gasteiger partial charge >= 0.3 is 15.5 Å². The number of hydrogen-bond acceptors (Lipinski definition) is 2. The van der Waals surface area contributed by atoms with Crippen LogP contribution in [0.1, 0.15) is 0 Å². The van der Waals surface area contributed by atoms with Crippen molar-refractivity contribution in [2.45, 2.75) is 0 Å². The van der Waals surface area contributed by atoms with E-state index < -0.39 is 20.6 Å². The molecule has 0 bridgehead atoms. The Hall–Kier alpha value is -0.478. The minimum Gasteiger partial charge on any atom is -0.346 e. The molecule has 0 aliphatic carbocycles. The standard InChI is InChI=1S/Al.3FH.HNO3/c;;;;2-1(3)4/h;3*1H;(H,2,3,4)/q+3;;;;/p-3. The van der Waals surface area contributed by atoms with Gasteiger partial charge in [0.15, 0.2) is 0 Å². The Morgan fingerprint density at radius 2 is 1.50 bits per heavy atom. The summed E-state index contributed by atoms with van der Waals surface area (Å²) in [6.45, 7) is 0. The molecule has 4 nitrogen and oxygen atoms in total. The molecule has 0 aromatic heterocycles. The molecule has 0 heterocycles. The normalized spacial score (nSPS) is 6.38. The van der Waals surface area contributed by atoms with Crippen molar-refractivity contribution in [1.29, 1.82) is 0 Å². The van der Waals surface area contributed by atoms with Crippen molar-refractivity contribution in [3.05, 3.63) is 10.1 Å². The van der Waals surface area contributed by atoms with E-state index in [4.69, 9.17) is 15.3 Å². The second-order valence-electron chi connectivity index (χ2n) is 0.485. The minimum atomic E-state index is -4.64. The maximum Gasteiger partial charge on any atom is 1.04 e. The van der Waals surface area contributed by atoms with E-state index in [0.29, 0.717) is 0 Å². The molecule has 0 radical (unpaired) electrons. The molecular formula is HAlF3NO3. The molecule has 8 heavy (non-hydrogen) atoms. The Balaban J connectivity index is 0. The molecule has 0 saturated heterocycles. The second kappa shape index (κ2) is 6.52. The lowest BCUT2D eigenvalue weighted by molar-refractivity contribution is -0.742. The molecule has 0 unspecified atom stereocenters. The van der Waals surface area contributed by atoms with Crippen molar-refractivity contribution in [3.63, 3.8) is 0 Å². The monoisotopic (exact) mass is 147 g/mol. The SMILES string of the molecule is O=[N+]([O-])O.[F][Al]([F])[F]. The molecule has 1 N–H and O–H groups in total. The summed E-state index contributed by atoms with van der Waals surface area (Å²) in [5.74, 6) is 0. The van der Waals surface area contributed by atoms with Gasteiger partial charge in [0, 0.05) is 0 Å². The van der Waals surface area contributed by atoms with E-state index in [1.165, 1.54) is 0 Å². The van der Waals surface area contributed by atoms with Crippen LogP contribution in [-0.2, 0) is 0 Å². The maximum atomic E-state index is 9.81. The highest BCUT2D eigenvalue weighted by Crippen LogP contribution is 1.80. The van der Waals surface area contributed by atoms with Crippen LogP contribution in [0.4, 0.5) is 10.6 Å². The van der Waals surface area contributed by atoms with Crippen LogP contribution >= 0.6 is 0 Å². The van der Waals surface area contributed by atoms with E-state index in [-0.39, 0.29) is 0 Å². The summed E-state index contributed by atoms with van der Waals surface area (Å²) in [7, 11) is 0. The van der Waals surface area contributed by atoms with Gasteiger partial charge in [0.25, 0.3) is 5.09 Å². The van der Waals surface area contributed by atoms with Crippen LogP contribution in [0.5, 0.6) is 0 Å². The molecule has 0 rings (SSSR count). The zero-order valence-electron chi connectivity index (χ0n) is 3.42. The molecule has 0 aromatic carbocycles. The zero-order chi connectivity index (χ0) is 7.15. The highest BCUT2D eigenvalue weighted by atomic mass is 27.3. The van der Waals surface area contributed by atoms with E-state index in [2.05, 4.69) is 0 Å². The number of nitrogens with zero attached hydrogens (tertiary/aromatic N) is 1. The van der Waals surface area contributed by atoms with Gasteiger partial charge in [-0.2, -0.15) is 0 Å². The average molecular weight is 147 g/mol. The van der Waals surface area contributed by atoms with Crippen LogP contribution in [0.15, 0.2) is 0 Å². The summed E-state index contributed by atoms with van der Waals surface area (Å²) in [6, 6.07) is 0. The van der Waals surface area contributed by atoms with Gasteiger partial charge in [-0.3, -0.25) is 0 Å². The molecule has 0 aromatic rings. The molecule has 0 atom stereocenters. The van der Waals surface area contributed by atoms with E-state index in [0.717, 1.165) is 0 Å². The van der Waals surface area contributed by atoms with E-state index in [1.807, 2.05) is 0 Å². The fraction of sp³-hybridized carbons (Fsp3) is 0. The maximum absolute atomic E-state index is 9.81. The second-order valence-corrected chi connectivity index (χ2v) is 0.980. The molecular weight excluding hydrogens is 146 g/mol. The van der Waals surface area contributed by atoms with Crippen molar-refractivity contribution in [2.75, 3.05) is 0 Å². The van der Waals surface area contributed by atoms with Gasteiger partial charge in [0.05, 0.1) is 0 Å². The van der Waals surface area contributed by atoms with Crippen molar-refractivity contribution in [2.24, 2.45) is 0 Å². The van der Waals surface area contributed by atoms with Crippen LogP contribution in [-0.4, -0.2) is 25.8 Å². The first-order valence-corrected chi connectivity index (χ1v) is 2.53. The third kappa shape index (κ3) is 495. The molecule has 0 saturated carbocycles. The lowest BCUT2D eigenvalue weighted by Gasteiger charge is -1.56. The first kappa shape index (κ1) is 10.5. The van der Waals surface area contributed by atoms with Gasteiger partial charge in [-0.15, -0.1) is 10.1 Å². The summed E-state index contributed by atoms with van der Waals surface area (Å²) < 4.78 is 29.4. The first-order chi connectivity index (χ1) is 3.46. The molecule has 0 fully saturated rings. The highest BCUT2D eigenvalue weighted by molar-refractivity contribution is 6.33. The van der Waals surface area contributed by atoms with E-state index >= 15 is 0 Å². The summed E-state index contributed by atoms with van der Waals surface area (Å²) in [6.07, 6.45) is 0. The number of hydrogen-bond donors (Lipinski definition) is 1. The fourth-order valence-electron chi connectivity index (χ4n) is 0. The molecule has 8 heteroatoms. The summed E-state index contributed by atoms with van der Waals surface area (Å²) >= 11 is -4.64. The predicted octanol–water partition coefficient (Wildman–Crippen LogP) is 0.532. The molecule has 0 spiro atoms. The topological polar surface area (TPSA) is 63.4 Å². The van der Waals surface area contributed by atoms with Gasteiger partial charge in [-0.05, 0) is 0 Å². The summed E-state index contributed by atoms with van der Waals surface area (Å²) in [5, 5.41) is 13.6. The van der Waals surface area contributed by atoms with E-state index in [9.17, 15) is 10.6 Å². The smallest absolute Gasteiger partial charge is 0.346 e. The van der Waals surface area contributed by atoms with Gasteiger partial charge in [0.1, 0.15) is 0 Å². The van der Waals surface area contributed by atoms with Crippen LogP contribution in [0.25, 0.3) is 0 Å². The fourth-order valence-corrected chi connectivity index (χ4v) is 0. The first-order valence-electron chi connectivity index (χ1n) is 1.22. The van der Waals surface area contributed by atoms with Crippen LogP contribution in [0, 0.1) is 10.1 Å². The number of rotatable bonds is 0. The molecule has 48 valence electrons. The third-order valence-electron chi connectivity index (χ3n) is 0. The Morgan fingerprint density at radius 1 is 1.50 bits per heavy atom. The summed E-state index contributed by atoms with van der Waals surface area (Å²) in [4.78, 5) is 8.36. The Morgan fingerprint density at radius 3 is 1.50 bits per heavy atom. The van der Waals surface area contributed by atoms with E-state index in [1.54, 1.807) is 0 Å². The average Bonchev–Trinajstić information content (AvgIpc) is 1.25. The van der Waals surface area contributed by atoms with Gasteiger partial charge in [-0.25, -0.2) is 0 Å². The lowest BCUT2D eigenvalue weighted by atomic mass is 13.1. The Bertz CT molecular complexity index is 58.8. The molecule has 0 aliphatic rings. The van der Waals surface area contributed by atoms with Crippen LogP contribution < -0.4 is 0 Å².